The average Bonchev–Trinajstić information content (AvgIpc) is 2.16. The topological polar surface area (TPSA) is 69.4 Å². The molecule has 5 nitrogen and oxygen atoms in total. The van der Waals surface area contributed by atoms with Gasteiger partial charge in [-0.25, -0.2) is 4.79 Å². The Morgan fingerprint density at radius 2 is 2.21 bits per heavy atom. The van der Waals surface area contributed by atoms with Gasteiger partial charge >= 0.3 is 5.97 Å². The third-order valence-electron chi connectivity index (χ3n) is 1.58. The molecule has 0 bridgehead atoms. The molecule has 14 heavy (non-hydrogen) atoms. The van der Waals surface area contributed by atoms with Gasteiger partial charge in [-0.05, 0) is 12.1 Å². The molecule has 0 aromatic heterocycles. The van der Waals surface area contributed by atoms with E-state index in [1.54, 1.807) is 0 Å². The van der Waals surface area contributed by atoms with E-state index in [4.69, 9.17) is 0 Å². The molecule has 0 amide bonds. The Morgan fingerprint density at radius 1 is 1.57 bits per heavy atom. The highest BCUT2D eigenvalue weighted by Crippen LogP contribution is 2.22. The second kappa shape index (κ2) is 4.10. The Labute approximate surface area is 85.2 Å². The summed E-state index contributed by atoms with van der Waals surface area (Å²) in [6, 6.07) is 3.95. The molecule has 0 saturated heterocycles. The quantitative estimate of drug-likeness (QED) is 0.351. The van der Waals surface area contributed by atoms with E-state index in [0.29, 0.717) is 4.90 Å². The number of hydrogen-bond donors (Lipinski definition) is 1. The second-order valence-corrected chi connectivity index (χ2v) is 2.97. The van der Waals surface area contributed by atoms with Crippen molar-refractivity contribution in [1.82, 2.24) is 0 Å². The molecule has 1 aromatic carbocycles. The van der Waals surface area contributed by atoms with Gasteiger partial charge in [-0.15, -0.1) is 12.6 Å². The van der Waals surface area contributed by atoms with Crippen LogP contribution in [0.2, 0.25) is 0 Å². The Kier molecular flexibility index (Phi) is 3.08. The summed E-state index contributed by atoms with van der Waals surface area (Å²) in [7, 11) is 1.16. The van der Waals surface area contributed by atoms with Crippen molar-refractivity contribution in [3.8, 4) is 0 Å². The van der Waals surface area contributed by atoms with E-state index < -0.39 is 10.9 Å². The second-order valence-electron chi connectivity index (χ2n) is 2.45. The van der Waals surface area contributed by atoms with Gasteiger partial charge < -0.3 is 4.74 Å². The fourth-order valence-corrected chi connectivity index (χ4v) is 1.16. The molecule has 1 rings (SSSR count). The molecular formula is C8H7NO4S. The summed E-state index contributed by atoms with van der Waals surface area (Å²) in [5.74, 6) is -0.743. The average molecular weight is 213 g/mol. The maximum absolute atomic E-state index is 11.1. The largest absolute Gasteiger partial charge is 0.465 e. The standard InChI is InChI=1S/C8H7NO4S/c1-13-8(10)6-4-5(14)2-3-7(6)9(11)12/h2-4,14H,1H3. The molecule has 0 unspecified atom stereocenters. The van der Waals surface area contributed by atoms with Gasteiger partial charge in [0.1, 0.15) is 5.56 Å². The van der Waals surface area contributed by atoms with Crippen LogP contribution in [0.4, 0.5) is 5.69 Å². The van der Waals surface area contributed by atoms with Crippen molar-refractivity contribution in [2.24, 2.45) is 0 Å². The third-order valence-corrected chi connectivity index (χ3v) is 1.86. The van der Waals surface area contributed by atoms with Crippen molar-refractivity contribution in [2.75, 3.05) is 7.11 Å². The van der Waals surface area contributed by atoms with Crippen LogP contribution < -0.4 is 0 Å². The highest BCUT2D eigenvalue weighted by Gasteiger charge is 2.20. The number of carbonyl (C=O) groups excluding carboxylic acids is 1. The minimum Gasteiger partial charge on any atom is -0.465 e. The van der Waals surface area contributed by atoms with Crippen LogP contribution in [0, 0.1) is 10.1 Å². The molecule has 0 aliphatic rings. The first-order valence-electron chi connectivity index (χ1n) is 3.62. The van der Waals surface area contributed by atoms with E-state index in [0.717, 1.165) is 7.11 Å². The zero-order valence-electron chi connectivity index (χ0n) is 7.26. The van der Waals surface area contributed by atoms with Gasteiger partial charge in [0.25, 0.3) is 5.69 Å². The van der Waals surface area contributed by atoms with Crippen LogP contribution >= 0.6 is 12.6 Å². The lowest BCUT2D eigenvalue weighted by atomic mass is 10.2. The summed E-state index contributed by atoms with van der Waals surface area (Å²) in [6.07, 6.45) is 0. The molecule has 0 radical (unpaired) electrons. The minimum absolute atomic E-state index is 0.0926. The molecule has 0 spiro atoms. The summed E-state index contributed by atoms with van der Waals surface area (Å²) in [5, 5.41) is 10.5. The first kappa shape index (κ1) is 10.5. The number of nitrogens with zero attached hydrogens (tertiary/aromatic N) is 1. The van der Waals surface area contributed by atoms with Gasteiger partial charge in [0.05, 0.1) is 12.0 Å². The third kappa shape index (κ3) is 2.02. The molecule has 0 fully saturated rings. The van der Waals surface area contributed by atoms with Crippen molar-refractivity contribution in [3.63, 3.8) is 0 Å². The lowest BCUT2D eigenvalue weighted by Gasteiger charge is -2.01. The van der Waals surface area contributed by atoms with E-state index in [2.05, 4.69) is 17.4 Å². The Morgan fingerprint density at radius 3 is 2.71 bits per heavy atom. The first-order chi connectivity index (χ1) is 6.56. The molecule has 0 N–H and O–H groups in total. The summed E-state index contributed by atoms with van der Waals surface area (Å²) < 4.78 is 4.40. The van der Waals surface area contributed by atoms with Crippen molar-refractivity contribution in [2.45, 2.75) is 4.90 Å². The SMILES string of the molecule is COC(=O)c1cc(S)ccc1[N+](=O)[O-]. The van der Waals surface area contributed by atoms with Gasteiger partial charge in [0.15, 0.2) is 0 Å². The monoisotopic (exact) mass is 213 g/mol. The molecule has 6 heteroatoms. The first-order valence-corrected chi connectivity index (χ1v) is 4.06. The maximum atomic E-state index is 11.1. The van der Waals surface area contributed by atoms with E-state index in [1.165, 1.54) is 18.2 Å². The molecule has 0 saturated carbocycles. The molecular weight excluding hydrogens is 206 g/mol. The van der Waals surface area contributed by atoms with E-state index in [1.807, 2.05) is 0 Å². The van der Waals surface area contributed by atoms with Crippen LogP contribution in [0.3, 0.4) is 0 Å². The highest BCUT2D eigenvalue weighted by atomic mass is 32.1. The van der Waals surface area contributed by atoms with Crippen LogP contribution in [0.15, 0.2) is 23.1 Å². The number of methoxy groups -OCH3 is 1. The lowest BCUT2D eigenvalue weighted by molar-refractivity contribution is -0.385. The number of hydrogen-bond acceptors (Lipinski definition) is 5. The number of benzene rings is 1. The number of ether oxygens (including phenoxy) is 1. The van der Waals surface area contributed by atoms with Crippen molar-refractivity contribution in [3.05, 3.63) is 33.9 Å². The van der Waals surface area contributed by atoms with E-state index in [-0.39, 0.29) is 11.3 Å². The molecule has 0 aliphatic heterocycles. The van der Waals surface area contributed by atoms with Gasteiger partial charge in [-0.2, -0.15) is 0 Å². The van der Waals surface area contributed by atoms with Crippen LogP contribution in [0.5, 0.6) is 0 Å². The van der Waals surface area contributed by atoms with Crippen LogP contribution in [0.1, 0.15) is 10.4 Å². The maximum Gasteiger partial charge on any atom is 0.344 e. The fourth-order valence-electron chi connectivity index (χ4n) is 0.957. The zero-order valence-corrected chi connectivity index (χ0v) is 8.15. The molecule has 0 heterocycles. The predicted octanol–water partition coefficient (Wildman–Crippen LogP) is 1.67. The van der Waals surface area contributed by atoms with Crippen molar-refractivity contribution in [1.29, 1.82) is 0 Å². The van der Waals surface area contributed by atoms with Gasteiger partial charge in [0, 0.05) is 11.0 Å². The summed E-state index contributed by atoms with van der Waals surface area (Å²) in [4.78, 5) is 21.5. The van der Waals surface area contributed by atoms with E-state index >= 15 is 0 Å². The van der Waals surface area contributed by atoms with E-state index in [9.17, 15) is 14.9 Å². The highest BCUT2D eigenvalue weighted by molar-refractivity contribution is 7.80. The summed E-state index contributed by atoms with van der Waals surface area (Å²) >= 11 is 3.97. The van der Waals surface area contributed by atoms with Gasteiger partial charge in [-0.1, -0.05) is 0 Å². The smallest absolute Gasteiger partial charge is 0.344 e. The number of thiol groups is 1. The number of rotatable bonds is 2. The molecule has 0 aliphatic carbocycles. The number of esters is 1. The number of carbonyl (C=O) groups is 1. The molecule has 1 aromatic rings. The van der Waals surface area contributed by atoms with Gasteiger partial charge in [0.2, 0.25) is 0 Å². The Bertz CT molecular complexity index is 391. The Hall–Kier alpha value is -1.56. The normalized spacial score (nSPS) is 9.57. The molecule has 0 atom stereocenters. The van der Waals surface area contributed by atoms with Crippen LogP contribution in [-0.2, 0) is 4.74 Å². The van der Waals surface area contributed by atoms with Crippen LogP contribution in [0.25, 0.3) is 0 Å². The van der Waals surface area contributed by atoms with Gasteiger partial charge in [-0.3, -0.25) is 10.1 Å². The lowest BCUT2D eigenvalue weighted by Crippen LogP contribution is -2.05. The predicted molar refractivity (Wildman–Crippen MR) is 51.7 cm³/mol. The minimum atomic E-state index is -0.743. The van der Waals surface area contributed by atoms with Crippen molar-refractivity contribution < 1.29 is 14.5 Å². The van der Waals surface area contributed by atoms with Crippen LogP contribution in [-0.4, -0.2) is 18.0 Å². The zero-order chi connectivity index (χ0) is 10.7. The van der Waals surface area contributed by atoms with Crippen molar-refractivity contribution >= 4 is 24.3 Å². The number of nitro groups is 1. The Balaban J connectivity index is 3.29. The fraction of sp³-hybridized carbons (Fsp3) is 0.125. The number of nitro benzene ring substituents is 1. The molecule has 74 valence electrons. The summed E-state index contributed by atoms with van der Waals surface area (Å²) in [5.41, 5.74) is -0.375. The summed E-state index contributed by atoms with van der Waals surface area (Å²) in [6.45, 7) is 0.